The number of amides is 1. The lowest BCUT2D eigenvalue weighted by molar-refractivity contribution is 0.0955. The van der Waals surface area contributed by atoms with Crippen LogP contribution in [0.5, 0.6) is 5.75 Å². The van der Waals surface area contributed by atoms with Gasteiger partial charge in [0.2, 0.25) is 0 Å². The summed E-state index contributed by atoms with van der Waals surface area (Å²) in [6.45, 7) is 4.78. The molecule has 1 amide bonds. The van der Waals surface area contributed by atoms with Crippen LogP contribution in [0.4, 0.5) is 5.69 Å². The molecule has 0 saturated carbocycles. The number of nitrogens with zero attached hydrogens (tertiary/aromatic N) is 1. The van der Waals surface area contributed by atoms with Crippen LogP contribution in [-0.2, 0) is 4.74 Å². The van der Waals surface area contributed by atoms with E-state index in [1.807, 2.05) is 31.2 Å². The first kappa shape index (κ1) is 27.0. The van der Waals surface area contributed by atoms with Gasteiger partial charge in [0.05, 0.1) is 23.7 Å². The van der Waals surface area contributed by atoms with Gasteiger partial charge in [0, 0.05) is 45.0 Å². The Kier molecular flexibility index (Phi) is 13.7. The fourth-order valence-electron chi connectivity index (χ4n) is 2.58. The third-order valence-corrected chi connectivity index (χ3v) is 4.32. The summed E-state index contributed by atoms with van der Waals surface area (Å²) in [6.07, 6.45) is 0.832. The van der Waals surface area contributed by atoms with Gasteiger partial charge in [-0.2, -0.15) is 0 Å². The quantitative estimate of drug-likeness (QED) is 0.166. The van der Waals surface area contributed by atoms with Gasteiger partial charge in [-0.05, 0) is 31.2 Å². The highest BCUT2D eigenvalue weighted by atomic mass is 127. The monoisotopic (exact) mass is 560 g/mol. The van der Waals surface area contributed by atoms with Crippen molar-refractivity contribution in [1.82, 2.24) is 10.6 Å². The summed E-state index contributed by atoms with van der Waals surface area (Å²) in [4.78, 5) is 16.7. The lowest BCUT2D eigenvalue weighted by atomic mass is 10.2. The van der Waals surface area contributed by atoms with Crippen LogP contribution < -0.4 is 20.7 Å². The van der Waals surface area contributed by atoms with Crippen molar-refractivity contribution in [3.8, 4) is 5.75 Å². The maximum atomic E-state index is 12.2. The molecule has 7 nitrogen and oxygen atoms in total. The number of anilines is 1. The van der Waals surface area contributed by atoms with Crippen molar-refractivity contribution >= 4 is 53.1 Å². The minimum atomic E-state index is -0.216. The number of carbonyl (C=O) groups is 1. The molecule has 0 spiro atoms. The summed E-state index contributed by atoms with van der Waals surface area (Å²) < 4.78 is 10.8. The van der Waals surface area contributed by atoms with Gasteiger partial charge in [-0.25, -0.2) is 0 Å². The van der Waals surface area contributed by atoms with E-state index < -0.39 is 0 Å². The molecule has 0 heterocycles. The molecule has 0 aliphatic carbocycles. The predicted octanol–water partition coefficient (Wildman–Crippen LogP) is 4.18. The molecule has 170 valence electrons. The molecule has 2 aromatic rings. The number of hydrogen-bond acceptors (Lipinski definition) is 4. The molecule has 0 aliphatic heterocycles. The van der Waals surface area contributed by atoms with Crippen molar-refractivity contribution in [2.24, 2.45) is 4.99 Å². The first-order valence-electron chi connectivity index (χ1n) is 9.94. The number of hydrogen-bond donors (Lipinski definition) is 3. The molecule has 31 heavy (non-hydrogen) atoms. The largest absolute Gasteiger partial charge is 0.493 e. The molecule has 2 aromatic carbocycles. The van der Waals surface area contributed by atoms with Crippen molar-refractivity contribution in [3.05, 3.63) is 59.1 Å². The minimum absolute atomic E-state index is 0. The zero-order valence-corrected chi connectivity index (χ0v) is 20.9. The first-order valence-corrected chi connectivity index (χ1v) is 10.3. The van der Waals surface area contributed by atoms with Gasteiger partial charge in [0.1, 0.15) is 5.75 Å². The average Bonchev–Trinajstić information content (AvgIpc) is 2.75. The van der Waals surface area contributed by atoms with Crippen LogP contribution in [0, 0.1) is 0 Å². The van der Waals surface area contributed by atoms with E-state index in [-0.39, 0.29) is 29.9 Å². The van der Waals surface area contributed by atoms with E-state index in [0.717, 1.165) is 17.9 Å². The third-order valence-electron chi connectivity index (χ3n) is 3.99. The van der Waals surface area contributed by atoms with Crippen molar-refractivity contribution in [1.29, 1.82) is 0 Å². The maximum Gasteiger partial charge on any atom is 0.252 e. The summed E-state index contributed by atoms with van der Waals surface area (Å²) in [7, 11) is 1.67. The number of benzene rings is 2. The Morgan fingerprint density at radius 2 is 1.90 bits per heavy atom. The number of carbonyl (C=O) groups excluding carboxylic acids is 1. The van der Waals surface area contributed by atoms with E-state index in [4.69, 9.17) is 21.1 Å². The van der Waals surface area contributed by atoms with Crippen LogP contribution in [0.3, 0.4) is 0 Å². The van der Waals surface area contributed by atoms with Gasteiger partial charge in [-0.3, -0.25) is 9.79 Å². The second-order valence-electron chi connectivity index (χ2n) is 6.34. The molecule has 0 bridgehead atoms. The topological polar surface area (TPSA) is 84.0 Å². The molecule has 3 N–H and O–H groups in total. The molecule has 2 rings (SSSR count). The van der Waals surface area contributed by atoms with Crippen molar-refractivity contribution in [2.75, 3.05) is 45.3 Å². The molecule has 0 aromatic heterocycles. The van der Waals surface area contributed by atoms with Crippen LogP contribution in [-0.4, -0.2) is 51.8 Å². The van der Waals surface area contributed by atoms with Gasteiger partial charge >= 0.3 is 0 Å². The fraction of sp³-hybridized carbons (Fsp3) is 0.364. The second-order valence-corrected chi connectivity index (χ2v) is 6.75. The number of halogens is 2. The van der Waals surface area contributed by atoms with Crippen LogP contribution >= 0.6 is 35.6 Å². The average molecular weight is 561 g/mol. The molecule has 9 heteroatoms. The smallest absolute Gasteiger partial charge is 0.252 e. The molecule has 0 aliphatic rings. The lowest BCUT2D eigenvalue weighted by Gasteiger charge is -2.13. The van der Waals surface area contributed by atoms with Crippen LogP contribution in [0.15, 0.2) is 53.5 Å². The summed E-state index contributed by atoms with van der Waals surface area (Å²) in [5, 5.41) is 9.69. The minimum Gasteiger partial charge on any atom is -0.493 e. The van der Waals surface area contributed by atoms with E-state index in [1.54, 1.807) is 31.4 Å². The van der Waals surface area contributed by atoms with E-state index in [2.05, 4.69) is 20.9 Å². The van der Waals surface area contributed by atoms with E-state index in [9.17, 15) is 4.79 Å². The fourth-order valence-corrected chi connectivity index (χ4v) is 2.80. The van der Waals surface area contributed by atoms with Gasteiger partial charge < -0.3 is 25.4 Å². The Bertz CT molecular complexity index is 836. The van der Waals surface area contributed by atoms with Gasteiger partial charge in [-0.1, -0.05) is 29.8 Å². The summed E-state index contributed by atoms with van der Waals surface area (Å²) in [5.41, 5.74) is 1.31. The Morgan fingerprint density at radius 3 is 2.65 bits per heavy atom. The number of ether oxygens (including phenoxy) is 2. The van der Waals surface area contributed by atoms with Crippen molar-refractivity contribution < 1.29 is 14.3 Å². The number of rotatable bonds is 11. The Labute approximate surface area is 206 Å². The zero-order chi connectivity index (χ0) is 21.6. The van der Waals surface area contributed by atoms with E-state index >= 15 is 0 Å². The van der Waals surface area contributed by atoms with E-state index in [1.165, 1.54) is 0 Å². The normalized spacial score (nSPS) is 10.7. The molecule has 0 radical (unpaired) electrons. The highest BCUT2D eigenvalue weighted by Crippen LogP contribution is 2.17. The van der Waals surface area contributed by atoms with E-state index in [0.29, 0.717) is 49.4 Å². The highest BCUT2D eigenvalue weighted by molar-refractivity contribution is 14.0. The summed E-state index contributed by atoms with van der Waals surface area (Å²) in [5.74, 6) is 1.19. The number of methoxy groups -OCH3 is 1. The van der Waals surface area contributed by atoms with Crippen LogP contribution in [0.2, 0.25) is 5.02 Å². The van der Waals surface area contributed by atoms with Crippen LogP contribution in [0.25, 0.3) is 0 Å². The number of guanidine groups is 1. The number of aliphatic imine (C=N–C) groups is 1. The predicted molar refractivity (Wildman–Crippen MR) is 137 cm³/mol. The summed E-state index contributed by atoms with van der Waals surface area (Å²) in [6, 6.07) is 14.6. The molecule has 0 atom stereocenters. The Hall–Kier alpha value is -2.04. The zero-order valence-electron chi connectivity index (χ0n) is 17.8. The van der Waals surface area contributed by atoms with Crippen molar-refractivity contribution in [2.45, 2.75) is 13.3 Å². The lowest BCUT2D eigenvalue weighted by Crippen LogP contribution is -2.32. The number of nitrogens with one attached hydrogen (secondary N) is 3. The van der Waals surface area contributed by atoms with Crippen molar-refractivity contribution in [3.63, 3.8) is 0 Å². The third kappa shape index (κ3) is 10.2. The SMILES string of the molecule is CCNC(=NCCNC(=O)c1ccccc1Cl)Nc1cccc(OCCCOC)c1.I. The highest BCUT2D eigenvalue weighted by Gasteiger charge is 2.08. The molecule has 0 saturated heterocycles. The molecular formula is C22H30ClIN4O3. The molecular weight excluding hydrogens is 531 g/mol. The standard InChI is InChI=1S/C22H29ClN4O3.HI/c1-3-24-22(26-13-12-25-21(28)19-10-4-5-11-20(19)23)27-17-8-6-9-18(16-17)30-15-7-14-29-2;/h4-6,8-11,16H,3,7,12-15H2,1-2H3,(H,25,28)(H2,24,26,27);1H. The Balaban J connectivity index is 0.00000480. The van der Waals surface area contributed by atoms with Gasteiger partial charge in [-0.15, -0.1) is 24.0 Å². The van der Waals surface area contributed by atoms with Crippen LogP contribution in [0.1, 0.15) is 23.7 Å². The Morgan fingerprint density at radius 1 is 1.10 bits per heavy atom. The van der Waals surface area contributed by atoms with Gasteiger partial charge in [0.25, 0.3) is 5.91 Å². The first-order chi connectivity index (χ1) is 14.6. The second kappa shape index (κ2) is 15.7. The molecule has 0 fully saturated rings. The van der Waals surface area contributed by atoms with Gasteiger partial charge in [0.15, 0.2) is 5.96 Å². The maximum absolute atomic E-state index is 12.2. The molecule has 0 unspecified atom stereocenters. The summed E-state index contributed by atoms with van der Waals surface area (Å²) >= 11 is 6.05.